The number of hydrogen-bond acceptors (Lipinski definition) is 0. The lowest BCUT2D eigenvalue weighted by Crippen LogP contribution is -2.15. The molecule has 0 nitrogen and oxygen atoms in total. The van der Waals surface area contributed by atoms with Crippen LogP contribution >= 0.6 is 0 Å². The Morgan fingerprint density at radius 2 is 1.26 bits per heavy atom. The molecule has 2 aromatic rings. The average molecular weight is 489 g/mol. The quantitative estimate of drug-likeness (QED) is 0.186. The summed E-state index contributed by atoms with van der Waals surface area (Å²) in [6.45, 7) is 4.29. The van der Waals surface area contributed by atoms with Crippen molar-refractivity contribution in [2.24, 2.45) is 5.92 Å². The highest BCUT2D eigenvalue weighted by molar-refractivity contribution is 5.79. The maximum Gasteiger partial charge on any atom is 0.167 e. The minimum Gasteiger partial charge on any atom is -0.203 e. The molecule has 0 aliphatic heterocycles. The summed E-state index contributed by atoms with van der Waals surface area (Å²) < 4.78 is 60.5. The van der Waals surface area contributed by atoms with Crippen LogP contribution in [0.3, 0.4) is 0 Å². The highest BCUT2D eigenvalue weighted by Gasteiger charge is 2.34. The maximum atomic E-state index is 15.3. The number of aryl methyl sites for hydroxylation is 1. The Morgan fingerprint density at radius 1 is 0.657 bits per heavy atom. The van der Waals surface area contributed by atoms with Gasteiger partial charge in [0.25, 0.3) is 0 Å². The van der Waals surface area contributed by atoms with Gasteiger partial charge in [-0.1, -0.05) is 77.3 Å². The van der Waals surface area contributed by atoms with Gasteiger partial charge in [-0.05, 0) is 79.0 Å². The third kappa shape index (κ3) is 5.62. The summed E-state index contributed by atoms with van der Waals surface area (Å²) in [7, 11) is 0. The van der Waals surface area contributed by atoms with Gasteiger partial charge in [0.2, 0.25) is 0 Å². The number of fused-ring (bicyclic) bond motifs is 3. The topological polar surface area (TPSA) is 0 Å². The van der Waals surface area contributed by atoms with E-state index in [4.69, 9.17) is 0 Å². The van der Waals surface area contributed by atoms with Crippen LogP contribution in [0, 0.1) is 29.2 Å². The number of hydrogen-bond donors (Lipinski definition) is 0. The van der Waals surface area contributed by atoms with Crippen molar-refractivity contribution < 1.29 is 17.6 Å². The van der Waals surface area contributed by atoms with E-state index >= 15 is 13.2 Å². The average Bonchev–Trinajstić information content (AvgIpc) is 3.23. The number of unbranched alkanes of at least 4 members (excludes halogenated alkanes) is 6. The predicted molar refractivity (Wildman–Crippen MR) is 136 cm³/mol. The molecule has 1 fully saturated rings. The zero-order chi connectivity index (χ0) is 24.9. The van der Waals surface area contributed by atoms with Crippen molar-refractivity contribution in [3.05, 3.63) is 57.7 Å². The second-order valence-electron chi connectivity index (χ2n) is 10.9. The van der Waals surface area contributed by atoms with Crippen molar-refractivity contribution >= 4 is 0 Å². The van der Waals surface area contributed by atoms with E-state index in [0.29, 0.717) is 41.0 Å². The van der Waals surface area contributed by atoms with E-state index in [2.05, 4.69) is 13.8 Å². The first kappa shape index (κ1) is 26.2. The Bertz CT molecular complexity index is 1020. The Balaban J connectivity index is 1.49. The second kappa shape index (κ2) is 11.9. The van der Waals surface area contributed by atoms with Crippen molar-refractivity contribution in [3.63, 3.8) is 0 Å². The summed E-state index contributed by atoms with van der Waals surface area (Å²) in [6.07, 6.45) is 15.0. The van der Waals surface area contributed by atoms with Crippen molar-refractivity contribution in [3.8, 4) is 11.1 Å². The minimum absolute atomic E-state index is 0.000964. The lowest BCUT2D eigenvalue weighted by atomic mass is 9.76. The molecule has 0 bridgehead atoms. The maximum absolute atomic E-state index is 15.3. The normalized spacial score (nSPS) is 19.1. The van der Waals surface area contributed by atoms with Gasteiger partial charge in [-0.2, -0.15) is 0 Å². The van der Waals surface area contributed by atoms with Crippen LogP contribution in [0.5, 0.6) is 0 Å². The van der Waals surface area contributed by atoms with E-state index in [0.717, 1.165) is 44.9 Å². The summed E-state index contributed by atoms with van der Waals surface area (Å²) >= 11 is 0. The van der Waals surface area contributed by atoms with Gasteiger partial charge >= 0.3 is 0 Å². The zero-order valence-corrected chi connectivity index (χ0v) is 21.4. The molecule has 0 N–H and O–H groups in total. The molecule has 192 valence electrons. The van der Waals surface area contributed by atoms with Crippen molar-refractivity contribution in [1.29, 1.82) is 0 Å². The van der Waals surface area contributed by atoms with Gasteiger partial charge in [-0.25, -0.2) is 17.6 Å². The van der Waals surface area contributed by atoms with Gasteiger partial charge in [0.05, 0.1) is 0 Å². The van der Waals surface area contributed by atoms with E-state index in [-0.39, 0.29) is 17.0 Å². The van der Waals surface area contributed by atoms with Crippen LogP contribution in [0.4, 0.5) is 17.6 Å². The largest absolute Gasteiger partial charge is 0.203 e. The molecule has 0 saturated heterocycles. The van der Waals surface area contributed by atoms with Gasteiger partial charge in [-0.3, -0.25) is 0 Å². The molecular formula is C31H40F4. The van der Waals surface area contributed by atoms with E-state index < -0.39 is 23.3 Å². The minimum atomic E-state index is -1.03. The smallest absolute Gasteiger partial charge is 0.167 e. The summed E-state index contributed by atoms with van der Waals surface area (Å²) in [5, 5.41) is 0. The molecule has 35 heavy (non-hydrogen) atoms. The fourth-order valence-corrected chi connectivity index (χ4v) is 6.31. The summed E-state index contributed by atoms with van der Waals surface area (Å²) in [6, 6.07) is 3.42. The van der Waals surface area contributed by atoms with Crippen molar-refractivity contribution in [2.45, 2.75) is 116 Å². The standard InChI is InChI=1S/C31H40F4/c1-3-5-7-8-10-11-20-13-15-21(16-14-20)25-19-24-18-23-17-22(12-9-6-4-2)28(32)30(34)26(23)27(24)31(35)29(25)33/h17,19-21H,3-16,18H2,1-2H3. The molecule has 0 spiro atoms. The first-order valence-corrected chi connectivity index (χ1v) is 14.0. The third-order valence-electron chi connectivity index (χ3n) is 8.36. The highest BCUT2D eigenvalue weighted by Crippen LogP contribution is 2.46. The van der Waals surface area contributed by atoms with Gasteiger partial charge in [-0.15, -0.1) is 0 Å². The van der Waals surface area contributed by atoms with Crippen LogP contribution in [0.1, 0.15) is 125 Å². The van der Waals surface area contributed by atoms with Crippen LogP contribution in [-0.4, -0.2) is 0 Å². The molecule has 4 rings (SSSR count). The fraction of sp³-hybridized carbons (Fsp3) is 0.613. The molecule has 2 aliphatic carbocycles. The van der Waals surface area contributed by atoms with E-state index in [1.807, 2.05) is 0 Å². The zero-order valence-electron chi connectivity index (χ0n) is 21.4. The molecule has 2 aliphatic rings. The molecule has 1 saturated carbocycles. The highest BCUT2D eigenvalue weighted by atomic mass is 19.2. The van der Waals surface area contributed by atoms with Crippen LogP contribution < -0.4 is 0 Å². The summed E-state index contributed by atoms with van der Waals surface area (Å²) in [5.41, 5.74) is 1.80. The fourth-order valence-electron chi connectivity index (χ4n) is 6.31. The monoisotopic (exact) mass is 488 g/mol. The van der Waals surface area contributed by atoms with E-state index in [1.54, 1.807) is 12.1 Å². The molecule has 0 aromatic heterocycles. The summed E-state index contributed by atoms with van der Waals surface area (Å²) in [4.78, 5) is 0. The van der Waals surface area contributed by atoms with Crippen LogP contribution in [0.2, 0.25) is 0 Å². The predicted octanol–water partition coefficient (Wildman–Crippen LogP) is 10.2. The van der Waals surface area contributed by atoms with E-state index in [9.17, 15) is 4.39 Å². The molecule has 0 radical (unpaired) electrons. The lowest BCUT2D eigenvalue weighted by molar-refractivity contribution is 0.297. The Hall–Kier alpha value is -1.84. The van der Waals surface area contributed by atoms with E-state index in [1.165, 1.54) is 38.5 Å². The van der Waals surface area contributed by atoms with Crippen LogP contribution in [-0.2, 0) is 12.8 Å². The molecule has 0 atom stereocenters. The van der Waals surface area contributed by atoms with Crippen LogP contribution in [0.25, 0.3) is 11.1 Å². The first-order chi connectivity index (χ1) is 17.0. The summed E-state index contributed by atoms with van der Waals surface area (Å²) in [5.74, 6) is -3.13. The van der Waals surface area contributed by atoms with Gasteiger partial charge in [0, 0.05) is 11.1 Å². The second-order valence-corrected chi connectivity index (χ2v) is 10.9. The number of rotatable bonds is 11. The first-order valence-electron chi connectivity index (χ1n) is 14.0. The van der Waals surface area contributed by atoms with Crippen molar-refractivity contribution in [1.82, 2.24) is 0 Å². The van der Waals surface area contributed by atoms with Crippen LogP contribution in [0.15, 0.2) is 12.1 Å². The molecule has 0 amide bonds. The third-order valence-corrected chi connectivity index (χ3v) is 8.36. The SMILES string of the molecule is CCCCCCCC1CCC(c2cc3c(c(F)c2F)-c2c(cc(CCCCC)c(F)c2F)C3)CC1. The Labute approximate surface area is 208 Å². The van der Waals surface area contributed by atoms with Gasteiger partial charge in [0.1, 0.15) is 0 Å². The Kier molecular flexibility index (Phi) is 8.94. The molecule has 4 heteroatoms. The molecular weight excluding hydrogens is 448 g/mol. The molecule has 2 aromatic carbocycles. The Morgan fingerprint density at radius 3 is 1.94 bits per heavy atom. The van der Waals surface area contributed by atoms with Gasteiger partial charge in [0.15, 0.2) is 23.3 Å². The molecule has 0 unspecified atom stereocenters. The number of benzene rings is 2. The van der Waals surface area contributed by atoms with Crippen molar-refractivity contribution in [2.75, 3.05) is 0 Å². The molecule has 0 heterocycles. The number of halogens is 4. The lowest BCUT2D eigenvalue weighted by Gasteiger charge is -2.29. The van der Waals surface area contributed by atoms with Gasteiger partial charge < -0.3 is 0 Å².